The number of aromatic nitrogens is 5. The number of carboxylic acids is 1. The molecule has 8 nitrogen and oxygen atoms in total. The smallest absolute Gasteiger partial charge is 0.314 e. The van der Waals surface area contributed by atoms with E-state index in [9.17, 15) is 9.90 Å². The van der Waals surface area contributed by atoms with Gasteiger partial charge in [0, 0.05) is 19.4 Å². The first kappa shape index (κ1) is 18.1. The Labute approximate surface area is 162 Å². The van der Waals surface area contributed by atoms with Gasteiger partial charge < -0.3 is 10.4 Å². The lowest BCUT2D eigenvalue weighted by Gasteiger charge is -2.12. The maximum Gasteiger partial charge on any atom is 0.314 e. The molecule has 3 aromatic rings. The highest BCUT2D eigenvalue weighted by Crippen LogP contribution is 2.48. The normalized spacial score (nSPS) is 14.9. The summed E-state index contributed by atoms with van der Waals surface area (Å²) in [6.45, 7) is 4.14. The molecule has 0 unspecified atom stereocenters. The summed E-state index contributed by atoms with van der Waals surface area (Å²) >= 11 is 0. The lowest BCUT2D eigenvalue weighted by Crippen LogP contribution is -2.19. The number of carboxylic acid groups (broad SMARTS) is 1. The number of nitrogens with one attached hydrogen (secondary N) is 1. The van der Waals surface area contributed by atoms with Crippen LogP contribution in [0.5, 0.6) is 0 Å². The molecule has 1 aliphatic rings. The molecule has 0 amide bonds. The van der Waals surface area contributed by atoms with Crippen molar-refractivity contribution in [2.75, 3.05) is 5.32 Å². The van der Waals surface area contributed by atoms with Crippen molar-refractivity contribution in [3.8, 4) is 11.3 Å². The van der Waals surface area contributed by atoms with E-state index in [1.54, 1.807) is 29.5 Å². The minimum Gasteiger partial charge on any atom is -0.481 e. The molecule has 2 N–H and O–H groups in total. The average molecular weight is 378 g/mol. The molecule has 1 aliphatic carbocycles. The van der Waals surface area contributed by atoms with E-state index in [2.05, 4.69) is 39.2 Å². The minimum atomic E-state index is -0.783. The van der Waals surface area contributed by atoms with E-state index in [0.29, 0.717) is 24.4 Å². The first-order valence-electron chi connectivity index (χ1n) is 9.22. The van der Waals surface area contributed by atoms with E-state index >= 15 is 0 Å². The van der Waals surface area contributed by atoms with Crippen LogP contribution in [0, 0.1) is 0 Å². The fourth-order valence-electron chi connectivity index (χ4n) is 3.20. The molecule has 1 saturated carbocycles. The number of aliphatic carboxylic acids is 1. The molecule has 0 spiro atoms. The predicted octanol–water partition coefficient (Wildman–Crippen LogP) is 3.26. The van der Waals surface area contributed by atoms with Crippen molar-refractivity contribution in [3.63, 3.8) is 0 Å². The highest BCUT2D eigenvalue weighted by molar-refractivity contribution is 5.85. The molecule has 3 aromatic heterocycles. The third kappa shape index (κ3) is 3.11. The molecule has 0 atom stereocenters. The van der Waals surface area contributed by atoms with Gasteiger partial charge in [0.15, 0.2) is 0 Å². The lowest BCUT2D eigenvalue weighted by molar-refractivity contribution is -0.140. The van der Waals surface area contributed by atoms with E-state index < -0.39 is 11.4 Å². The second-order valence-electron chi connectivity index (χ2n) is 7.46. The van der Waals surface area contributed by atoms with Crippen molar-refractivity contribution in [3.05, 3.63) is 48.2 Å². The van der Waals surface area contributed by atoms with Crippen molar-refractivity contribution in [1.82, 2.24) is 24.7 Å². The van der Waals surface area contributed by atoms with E-state index in [-0.39, 0.29) is 5.92 Å². The number of hydrogen-bond acceptors (Lipinski definition) is 6. The standard InChI is InChI=1S/C20H22N6O2/c1-12(2)16-10-21-11-17(24-16)25-18-14(9-23-26(18)3)15-5-4-13(8-22-15)20(6-7-20)19(27)28/h4-5,8-12H,6-7H2,1-3H3,(H,24,25)(H,27,28). The number of rotatable bonds is 6. The van der Waals surface area contributed by atoms with E-state index in [4.69, 9.17) is 0 Å². The van der Waals surface area contributed by atoms with Gasteiger partial charge in [0.05, 0.1) is 34.8 Å². The van der Waals surface area contributed by atoms with Crippen LogP contribution in [0.3, 0.4) is 0 Å². The Hall–Kier alpha value is -3.29. The van der Waals surface area contributed by atoms with Gasteiger partial charge in [-0.25, -0.2) is 4.98 Å². The summed E-state index contributed by atoms with van der Waals surface area (Å²) in [5, 5.41) is 17.1. The highest BCUT2D eigenvalue weighted by atomic mass is 16.4. The second-order valence-corrected chi connectivity index (χ2v) is 7.46. The van der Waals surface area contributed by atoms with Gasteiger partial charge >= 0.3 is 5.97 Å². The Morgan fingerprint density at radius 1 is 1.21 bits per heavy atom. The maximum atomic E-state index is 11.5. The van der Waals surface area contributed by atoms with Crippen LogP contribution in [0.4, 0.5) is 11.6 Å². The van der Waals surface area contributed by atoms with Crippen LogP contribution >= 0.6 is 0 Å². The third-order valence-electron chi connectivity index (χ3n) is 5.18. The van der Waals surface area contributed by atoms with Gasteiger partial charge in [-0.2, -0.15) is 5.10 Å². The van der Waals surface area contributed by atoms with E-state index in [0.717, 1.165) is 22.6 Å². The molecule has 8 heteroatoms. The Bertz CT molecular complexity index is 1020. The van der Waals surface area contributed by atoms with Crippen molar-refractivity contribution in [1.29, 1.82) is 0 Å². The SMILES string of the molecule is CC(C)c1cncc(Nc2c(-c3ccc(C4(C(=O)O)CC4)cn3)cnn2C)n1. The summed E-state index contributed by atoms with van der Waals surface area (Å²) in [4.78, 5) is 24.9. The molecule has 0 aromatic carbocycles. The van der Waals surface area contributed by atoms with Crippen LogP contribution in [-0.2, 0) is 17.3 Å². The fraction of sp³-hybridized carbons (Fsp3) is 0.350. The number of carbonyl (C=O) groups is 1. The van der Waals surface area contributed by atoms with Crippen molar-refractivity contribution >= 4 is 17.6 Å². The second kappa shape index (κ2) is 6.70. The zero-order valence-electron chi connectivity index (χ0n) is 16.0. The first-order chi connectivity index (χ1) is 13.4. The first-order valence-corrected chi connectivity index (χ1v) is 9.22. The van der Waals surface area contributed by atoms with Crippen LogP contribution in [0.25, 0.3) is 11.3 Å². The molecule has 144 valence electrons. The van der Waals surface area contributed by atoms with Gasteiger partial charge in [0.2, 0.25) is 0 Å². The molecule has 3 heterocycles. The van der Waals surface area contributed by atoms with Crippen LogP contribution < -0.4 is 5.32 Å². The summed E-state index contributed by atoms with van der Waals surface area (Å²) in [6.07, 6.45) is 8.14. The zero-order chi connectivity index (χ0) is 19.9. The van der Waals surface area contributed by atoms with Crippen molar-refractivity contribution in [2.24, 2.45) is 7.05 Å². The molecule has 0 bridgehead atoms. The number of pyridine rings is 1. The third-order valence-corrected chi connectivity index (χ3v) is 5.18. The topological polar surface area (TPSA) is 106 Å². The summed E-state index contributed by atoms with van der Waals surface area (Å²) in [7, 11) is 1.84. The van der Waals surface area contributed by atoms with Gasteiger partial charge in [0.25, 0.3) is 0 Å². The highest BCUT2D eigenvalue weighted by Gasteiger charge is 2.51. The molecular weight excluding hydrogens is 356 g/mol. The number of nitrogens with zero attached hydrogens (tertiary/aromatic N) is 5. The number of aryl methyl sites for hydroxylation is 1. The molecule has 4 rings (SSSR count). The summed E-state index contributed by atoms with van der Waals surface area (Å²) in [6, 6.07) is 3.69. The molecule has 0 radical (unpaired) electrons. The van der Waals surface area contributed by atoms with Gasteiger partial charge in [0.1, 0.15) is 11.6 Å². The van der Waals surface area contributed by atoms with Gasteiger partial charge in [-0.05, 0) is 30.4 Å². The van der Waals surface area contributed by atoms with E-state index in [1.165, 1.54) is 0 Å². The molecule has 0 saturated heterocycles. The number of anilines is 2. The maximum absolute atomic E-state index is 11.5. The van der Waals surface area contributed by atoms with Gasteiger partial charge in [-0.15, -0.1) is 0 Å². The van der Waals surface area contributed by atoms with Crippen LogP contribution in [0.15, 0.2) is 36.9 Å². The summed E-state index contributed by atoms with van der Waals surface area (Å²) in [5.74, 6) is 0.873. The van der Waals surface area contributed by atoms with Crippen LogP contribution in [-0.4, -0.2) is 35.8 Å². The molecular formula is C20H22N6O2. The summed E-state index contributed by atoms with van der Waals surface area (Å²) < 4.78 is 1.72. The van der Waals surface area contributed by atoms with Crippen molar-refractivity contribution in [2.45, 2.75) is 38.0 Å². The summed E-state index contributed by atoms with van der Waals surface area (Å²) in [5.41, 5.74) is 2.42. The Balaban J connectivity index is 1.64. The Kier molecular flexibility index (Phi) is 4.33. The molecule has 1 fully saturated rings. The van der Waals surface area contributed by atoms with Gasteiger partial charge in [-0.1, -0.05) is 19.9 Å². The molecule has 0 aliphatic heterocycles. The van der Waals surface area contributed by atoms with Crippen LogP contribution in [0.1, 0.15) is 43.9 Å². The zero-order valence-corrected chi connectivity index (χ0v) is 16.0. The van der Waals surface area contributed by atoms with Gasteiger partial charge in [-0.3, -0.25) is 19.4 Å². The lowest BCUT2D eigenvalue weighted by atomic mass is 9.97. The largest absolute Gasteiger partial charge is 0.481 e. The Morgan fingerprint density at radius 3 is 2.61 bits per heavy atom. The molecule has 28 heavy (non-hydrogen) atoms. The quantitative estimate of drug-likeness (QED) is 0.678. The van der Waals surface area contributed by atoms with Crippen LogP contribution in [0.2, 0.25) is 0 Å². The van der Waals surface area contributed by atoms with Crippen molar-refractivity contribution < 1.29 is 9.90 Å². The predicted molar refractivity (Wildman–Crippen MR) is 104 cm³/mol. The fourth-order valence-corrected chi connectivity index (χ4v) is 3.20. The minimum absolute atomic E-state index is 0.276. The monoisotopic (exact) mass is 378 g/mol. The number of hydrogen-bond donors (Lipinski definition) is 2. The van der Waals surface area contributed by atoms with E-state index in [1.807, 2.05) is 19.2 Å². The Morgan fingerprint density at radius 2 is 2.00 bits per heavy atom. The average Bonchev–Trinajstić information content (AvgIpc) is 3.43.